The van der Waals surface area contributed by atoms with Crippen LogP contribution >= 0.6 is 0 Å². The summed E-state index contributed by atoms with van der Waals surface area (Å²) in [4.78, 5) is 2.27. The zero-order chi connectivity index (χ0) is 13.5. The van der Waals surface area contributed by atoms with Gasteiger partial charge in [-0.25, -0.2) is 0 Å². The Balaban J connectivity index is 1.86. The van der Waals surface area contributed by atoms with E-state index >= 15 is 0 Å². The minimum absolute atomic E-state index is 0.283. The predicted octanol–water partition coefficient (Wildman–Crippen LogP) is 3.55. The Morgan fingerprint density at radius 1 is 1.11 bits per heavy atom. The molecule has 0 heterocycles. The first kappa shape index (κ1) is 14.5. The van der Waals surface area contributed by atoms with Gasteiger partial charge in [0, 0.05) is 19.7 Å². The predicted molar refractivity (Wildman–Crippen MR) is 80.3 cm³/mol. The van der Waals surface area contributed by atoms with E-state index in [1.54, 1.807) is 0 Å². The van der Waals surface area contributed by atoms with E-state index in [0.717, 1.165) is 25.4 Å². The fraction of sp³-hybridized carbons (Fsp3) is 0.647. The normalized spacial score (nSPS) is 17.0. The van der Waals surface area contributed by atoms with Crippen LogP contribution in [-0.4, -0.2) is 30.2 Å². The van der Waals surface area contributed by atoms with Crippen molar-refractivity contribution < 1.29 is 5.11 Å². The molecule has 0 spiro atoms. The lowest BCUT2D eigenvalue weighted by Crippen LogP contribution is -2.19. The van der Waals surface area contributed by atoms with Crippen LogP contribution in [0.2, 0.25) is 0 Å². The number of aliphatic hydroxyl groups excluding tert-OH is 1. The zero-order valence-corrected chi connectivity index (χ0v) is 12.1. The van der Waals surface area contributed by atoms with Gasteiger partial charge in [0.2, 0.25) is 0 Å². The molecule has 0 amide bonds. The van der Waals surface area contributed by atoms with Crippen LogP contribution in [0, 0.1) is 0 Å². The third kappa shape index (κ3) is 4.63. The maximum Gasteiger partial charge on any atom is 0.0443 e. The van der Waals surface area contributed by atoms with Gasteiger partial charge in [-0.05, 0) is 43.4 Å². The summed E-state index contributed by atoms with van der Waals surface area (Å²) in [6.07, 6.45) is 7.82. The first-order chi connectivity index (χ1) is 9.29. The average molecular weight is 261 g/mol. The maximum absolute atomic E-state index is 8.84. The van der Waals surface area contributed by atoms with Gasteiger partial charge in [0.15, 0.2) is 0 Å². The fourth-order valence-corrected chi connectivity index (χ4v) is 3.06. The van der Waals surface area contributed by atoms with Crippen LogP contribution in [0.5, 0.6) is 0 Å². The second-order valence-electron chi connectivity index (χ2n) is 5.89. The molecule has 0 saturated heterocycles. The van der Waals surface area contributed by atoms with E-state index in [-0.39, 0.29) is 6.61 Å². The number of aliphatic hydroxyl groups is 1. The van der Waals surface area contributed by atoms with Crippen molar-refractivity contribution in [2.75, 3.05) is 20.2 Å². The molecule has 1 aromatic carbocycles. The molecular formula is C17H27NO. The van der Waals surface area contributed by atoms with E-state index in [1.165, 1.54) is 43.2 Å². The highest BCUT2D eigenvalue weighted by atomic mass is 16.3. The Morgan fingerprint density at radius 3 is 2.42 bits per heavy atom. The van der Waals surface area contributed by atoms with Gasteiger partial charge in [-0.2, -0.15) is 0 Å². The van der Waals surface area contributed by atoms with Crippen molar-refractivity contribution >= 4 is 0 Å². The Kier molecular flexibility index (Phi) is 5.87. The molecule has 2 rings (SSSR count). The maximum atomic E-state index is 8.84. The number of rotatable bonds is 6. The van der Waals surface area contributed by atoms with Crippen LogP contribution in [0.25, 0.3) is 0 Å². The molecule has 1 aromatic rings. The monoisotopic (exact) mass is 261 g/mol. The summed E-state index contributed by atoms with van der Waals surface area (Å²) in [5.41, 5.74) is 2.90. The Hall–Kier alpha value is -0.860. The smallest absolute Gasteiger partial charge is 0.0443 e. The number of nitrogens with zero attached hydrogens (tertiary/aromatic N) is 1. The lowest BCUT2D eigenvalue weighted by Gasteiger charge is -2.22. The lowest BCUT2D eigenvalue weighted by atomic mass is 9.84. The highest BCUT2D eigenvalue weighted by Gasteiger charge is 2.15. The fourth-order valence-electron chi connectivity index (χ4n) is 3.06. The van der Waals surface area contributed by atoms with Crippen LogP contribution < -0.4 is 0 Å². The quantitative estimate of drug-likeness (QED) is 0.846. The average Bonchev–Trinajstić information content (AvgIpc) is 2.47. The van der Waals surface area contributed by atoms with E-state index in [4.69, 9.17) is 5.11 Å². The summed E-state index contributed by atoms with van der Waals surface area (Å²) < 4.78 is 0. The van der Waals surface area contributed by atoms with E-state index in [0.29, 0.717) is 0 Å². The topological polar surface area (TPSA) is 23.5 Å². The van der Waals surface area contributed by atoms with Crippen molar-refractivity contribution in [3.8, 4) is 0 Å². The Labute approximate surface area is 117 Å². The Morgan fingerprint density at radius 2 is 1.79 bits per heavy atom. The van der Waals surface area contributed by atoms with Crippen LogP contribution in [0.4, 0.5) is 0 Å². The highest BCUT2D eigenvalue weighted by molar-refractivity contribution is 5.25. The number of hydrogen-bond donors (Lipinski definition) is 1. The number of benzene rings is 1. The van der Waals surface area contributed by atoms with E-state index in [1.807, 2.05) is 0 Å². The van der Waals surface area contributed by atoms with Gasteiger partial charge >= 0.3 is 0 Å². The molecule has 0 aromatic heterocycles. The molecule has 1 N–H and O–H groups in total. The molecule has 1 aliphatic rings. The van der Waals surface area contributed by atoms with Crippen molar-refractivity contribution in [1.29, 1.82) is 0 Å². The van der Waals surface area contributed by atoms with Gasteiger partial charge in [0.05, 0.1) is 0 Å². The van der Waals surface area contributed by atoms with E-state index in [2.05, 4.69) is 36.2 Å². The molecule has 106 valence electrons. The highest BCUT2D eigenvalue weighted by Crippen LogP contribution is 2.32. The van der Waals surface area contributed by atoms with Gasteiger partial charge < -0.3 is 10.0 Å². The van der Waals surface area contributed by atoms with Crippen molar-refractivity contribution in [3.05, 3.63) is 35.4 Å². The molecular weight excluding hydrogens is 234 g/mol. The molecule has 1 aliphatic carbocycles. The van der Waals surface area contributed by atoms with E-state index in [9.17, 15) is 0 Å². The minimum atomic E-state index is 0.283. The summed E-state index contributed by atoms with van der Waals surface area (Å²) in [7, 11) is 2.12. The molecule has 1 fully saturated rings. The van der Waals surface area contributed by atoms with Gasteiger partial charge in [-0.15, -0.1) is 0 Å². The van der Waals surface area contributed by atoms with Crippen LogP contribution in [0.1, 0.15) is 55.6 Å². The van der Waals surface area contributed by atoms with Crippen molar-refractivity contribution in [2.24, 2.45) is 0 Å². The van der Waals surface area contributed by atoms with Crippen LogP contribution in [0.3, 0.4) is 0 Å². The summed E-state index contributed by atoms with van der Waals surface area (Å²) in [5.74, 6) is 0.801. The third-order valence-electron chi connectivity index (χ3n) is 4.21. The molecule has 2 heteroatoms. The van der Waals surface area contributed by atoms with Gasteiger partial charge in [-0.3, -0.25) is 0 Å². The summed E-state index contributed by atoms with van der Waals surface area (Å²) in [6.45, 7) is 2.22. The van der Waals surface area contributed by atoms with Gasteiger partial charge in [0.1, 0.15) is 0 Å². The molecule has 0 bridgehead atoms. The third-order valence-corrected chi connectivity index (χ3v) is 4.21. The Bertz CT molecular complexity index is 354. The lowest BCUT2D eigenvalue weighted by molar-refractivity contribution is 0.244. The molecule has 1 saturated carbocycles. The minimum Gasteiger partial charge on any atom is -0.396 e. The molecule has 2 nitrogen and oxygen atoms in total. The first-order valence-electron chi connectivity index (χ1n) is 7.68. The van der Waals surface area contributed by atoms with Crippen LogP contribution in [0.15, 0.2) is 24.3 Å². The van der Waals surface area contributed by atoms with Crippen molar-refractivity contribution in [2.45, 2.75) is 51.0 Å². The summed E-state index contributed by atoms with van der Waals surface area (Å²) in [5, 5.41) is 8.84. The second-order valence-corrected chi connectivity index (χ2v) is 5.89. The van der Waals surface area contributed by atoms with Gasteiger partial charge in [-0.1, -0.05) is 43.5 Å². The van der Waals surface area contributed by atoms with Crippen LogP contribution in [-0.2, 0) is 6.54 Å². The molecule has 0 unspecified atom stereocenters. The first-order valence-corrected chi connectivity index (χ1v) is 7.68. The second kappa shape index (κ2) is 7.66. The molecule has 0 aliphatic heterocycles. The molecule has 19 heavy (non-hydrogen) atoms. The SMILES string of the molecule is CN(CCCO)Cc1ccc(C2CCCCC2)cc1. The molecule has 0 atom stereocenters. The molecule has 0 radical (unpaired) electrons. The largest absolute Gasteiger partial charge is 0.396 e. The van der Waals surface area contributed by atoms with E-state index < -0.39 is 0 Å². The van der Waals surface area contributed by atoms with Crippen molar-refractivity contribution in [3.63, 3.8) is 0 Å². The van der Waals surface area contributed by atoms with Gasteiger partial charge in [0.25, 0.3) is 0 Å². The zero-order valence-electron chi connectivity index (χ0n) is 12.1. The standard InChI is InChI=1S/C17H27NO/c1-18(12-5-13-19)14-15-8-10-17(11-9-15)16-6-3-2-4-7-16/h8-11,16,19H,2-7,12-14H2,1H3. The van der Waals surface area contributed by atoms with Crippen molar-refractivity contribution in [1.82, 2.24) is 4.90 Å². The number of hydrogen-bond acceptors (Lipinski definition) is 2. The summed E-state index contributed by atoms with van der Waals surface area (Å²) in [6, 6.07) is 9.20. The summed E-state index contributed by atoms with van der Waals surface area (Å²) >= 11 is 0.